The third kappa shape index (κ3) is 4.29. The Kier molecular flexibility index (Phi) is 5.22. The van der Waals surface area contributed by atoms with Crippen LogP contribution in [0, 0.1) is 6.92 Å². The molecule has 0 bridgehead atoms. The van der Waals surface area contributed by atoms with Crippen LogP contribution in [0.5, 0.6) is 0 Å². The van der Waals surface area contributed by atoms with Gasteiger partial charge in [0.1, 0.15) is 11.5 Å². The van der Waals surface area contributed by atoms with Crippen molar-refractivity contribution in [3.63, 3.8) is 0 Å². The fourth-order valence-corrected chi connectivity index (χ4v) is 2.53. The summed E-state index contributed by atoms with van der Waals surface area (Å²) in [6.45, 7) is 1.92. The summed E-state index contributed by atoms with van der Waals surface area (Å²) in [4.78, 5) is 12.0. The Morgan fingerprint density at radius 2 is 1.92 bits per heavy atom. The van der Waals surface area contributed by atoms with Gasteiger partial charge in [0.2, 0.25) is 0 Å². The van der Waals surface area contributed by atoms with Crippen molar-refractivity contribution in [2.24, 2.45) is 5.10 Å². The maximum atomic E-state index is 12.0. The number of hydrogen-bond donors (Lipinski definition) is 1. The lowest BCUT2D eigenvalue weighted by Crippen LogP contribution is -2.17. The van der Waals surface area contributed by atoms with Gasteiger partial charge in [-0.25, -0.2) is 5.43 Å². The van der Waals surface area contributed by atoms with E-state index < -0.39 is 0 Å². The predicted molar refractivity (Wildman–Crippen MR) is 100 cm³/mol. The van der Waals surface area contributed by atoms with Crippen molar-refractivity contribution in [2.75, 3.05) is 0 Å². The zero-order valence-corrected chi connectivity index (χ0v) is 14.8. The number of amides is 1. The van der Waals surface area contributed by atoms with Gasteiger partial charge in [0.25, 0.3) is 5.91 Å². The Labute approximate surface area is 155 Å². The van der Waals surface area contributed by atoms with Crippen LogP contribution in [0.3, 0.4) is 0 Å². The molecule has 0 unspecified atom stereocenters. The van der Waals surface area contributed by atoms with Crippen LogP contribution in [0.25, 0.3) is 11.3 Å². The van der Waals surface area contributed by atoms with Crippen molar-refractivity contribution >= 4 is 35.3 Å². The van der Waals surface area contributed by atoms with E-state index >= 15 is 0 Å². The highest BCUT2D eigenvalue weighted by Gasteiger charge is 2.07. The monoisotopic (exact) mass is 372 g/mol. The number of nitrogens with one attached hydrogen (secondary N) is 1. The first-order valence-electron chi connectivity index (χ1n) is 7.48. The summed E-state index contributed by atoms with van der Waals surface area (Å²) in [5, 5.41) is 4.86. The SMILES string of the molecule is Cc1cccc(C(=O)N/N=C\c2ccc(-c3ccc(Cl)c(Cl)c3)o2)c1. The summed E-state index contributed by atoms with van der Waals surface area (Å²) >= 11 is 11.9. The summed E-state index contributed by atoms with van der Waals surface area (Å²) in [6, 6.07) is 16.1. The topological polar surface area (TPSA) is 54.6 Å². The van der Waals surface area contributed by atoms with Crippen LogP contribution in [0.15, 0.2) is 64.1 Å². The van der Waals surface area contributed by atoms with E-state index in [1.54, 1.807) is 36.4 Å². The van der Waals surface area contributed by atoms with Gasteiger partial charge in [0.05, 0.1) is 16.3 Å². The standard InChI is InChI=1S/C19H14Cl2N2O2/c1-12-3-2-4-14(9-12)19(24)23-22-11-15-6-8-18(25-15)13-5-7-16(20)17(21)10-13/h2-11H,1H3,(H,23,24)/b22-11-. The van der Waals surface area contributed by atoms with Crippen LogP contribution in [-0.2, 0) is 0 Å². The van der Waals surface area contributed by atoms with Crippen molar-refractivity contribution in [1.82, 2.24) is 5.43 Å². The van der Waals surface area contributed by atoms with Gasteiger partial charge in [0, 0.05) is 11.1 Å². The molecule has 0 atom stereocenters. The molecule has 3 aromatic rings. The van der Waals surface area contributed by atoms with Gasteiger partial charge >= 0.3 is 0 Å². The molecule has 6 heteroatoms. The van der Waals surface area contributed by atoms with Crippen molar-refractivity contribution in [3.05, 3.63) is 81.5 Å². The Balaban J connectivity index is 1.67. The number of hydrogen-bond acceptors (Lipinski definition) is 3. The van der Waals surface area contributed by atoms with E-state index in [4.69, 9.17) is 27.6 Å². The highest BCUT2D eigenvalue weighted by molar-refractivity contribution is 6.42. The minimum Gasteiger partial charge on any atom is -0.455 e. The lowest BCUT2D eigenvalue weighted by atomic mass is 10.1. The van der Waals surface area contributed by atoms with E-state index in [0.717, 1.165) is 11.1 Å². The number of nitrogens with zero attached hydrogens (tertiary/aromatic N) is 1. The Morgan fingerprint density at radius 1 is 1.08 bits per heavy atom. The third-order valence-corrected chi connectivity index (χ3v) is 4.21. The van der Waals surface area contributed by atoms with Crippen LogP contribution >= 0.6 is 23.2 Å². The van der Waals surface area contributed by atoms with Crippen molar-refractivity contribution in [1.29, 1.82) is 0 Å². The number of rotatable bonds is 4. The number of carbonyl (C=O) groups is 1. The molecular weight excluding hydrogens is 359 g/mol. The lowest BCUT2D eigenvalue weighted by Gasteiger charge is -2.00. The number of hydrazone groups is 1. The Hall–Kier alpha value is -2.56. The summed E-state index contributed by atoms with van der Waals surface area (Å²) in [5.41, 5.74) is 4.83. The quantitative estimate of drug-likeness (QED) is 0.497. The minimum absolute atomic E-state index is 0.281. The van der Waals surface area contributed by atoms with Crippen LogP contribution in [-0.4, -0.2) is 12.1 Å². The molecule has 1 amide bonds. The molecule has 0 fully saturated rings. The molecule has 0 aliphatic heterocycles. The van der Waals surface area contributed by atoms with Crippen LogP contribution in [0.1, 0.15) is 21.7 Å². The number of furan rings is 1. The predicted octanol–water partition coefficient (Wildman–Crippen LogP) is 5.33. The fraction of sp³-hybridized carbons (Fsp3) is 0.0526. The molecule has 3 rings (SSSR count). The molecule has 4 nitrogen and oxygen atoms in total. The molecule has 0 radical (unpaired) electrons. The first kappa shape index (κ1) is 17.3. The van der Waals surface area contributed by atoms with Crippen molar-refractivity contribution < 1.29 is 9.21 Å². The number of aryl methyl sites for hydroxylation is 1. The Bertz CT molecular complexity index is 948. The molecule has 1 N–H and O–H groups in total. The summed E-state index contributed by atoms with van der Waals surface area (Å²) in [7, 11) is 0. The average molecular weight is 373 g/mol. The summed E-state index contributed by atoms with van der Waals surface area (Å²) in [6.07, 6.45) is 1.44. The molecule has 126 valence electrons. The van der Waals surface area contributed by atoms with Gasteiger partial charge in [-0.2, -0.15) is 5.10 Å². The fourth-order valence-electron chi connectivity index (χ4n) is 2.23. The van der Waals surface area contributed by atoms with Gasteiger partial charge in [-0.15, -0.1) is 0 Å². The highest BCUT2D eigenvalue weighted by Crippen LogP contribution is 2.29. The first-order valence-corrected chi connectivity index (χ1v) is 8.24. The van der Waals surface area contributed by atoms with Gasteiger partial charge in [-0.3, -0.25) is 4.79 Å². The zero-order valence-electron chi connectivity index (χ0n) is 13.3. The zero-order chi connectivity index (χ0) is 17.8. The number of halogens is 2. The normalized spacial score (nSPS) is 11.0. The molecule has 2 aromatic carbocycles. The van der Waals surface area contributed by atoms with Gasteiger partial charge < -0.3 is 4.42 Å². The molecule has 0 aliphatic rings. The minimum atomic E-state index is -0.281. The largest absolute Gasteiger partial charge is 0.455 e. The van der Waals surface area contributed by atoms with E-state index in [1.807, 2.05) is 25.1 Å². The molecular formula is C19H14Cl2N2O2. The van der Waals surface area contributed by atoms with Crippen LogP contribution in [0.2, 0.25) is 10.0 Å². The number of benzene rings is 2. The van der Waals surface area contributed by atoms with Gasteiger partial charge in [-0.1, -0.05) is 40.9 Å². The number of carbonyl (C=O) groups excluding carboxylic acids is 1. The van der Waals surface area contributed by atoms with Crippen LogP contribution < -0.4 is 5.43 Å². The smallest absolute Gasteiger partial charge is 0.271 e. The maximum absolute atomic E-state index is 12.0. The molecule has 0 saturated heterocycles. The highest BCUT2D eigenvalue weighted by atomic mass is 35.5. The van der Waals surface area contributed by atoms with E-state index in [0.29, 0.717) is 27.1 Å². The lowest BCUT2D eigenvalue weighted by molar-refractivity contribution is 0.0955. The van der Waals surface area contributed by atoms with E-state index in [-0.39, 0.29) is 5.91 Å². The second-order valence-corrected chi connectivity index (χ2v) is 6.21. The molecule has 1 aromatic heterocycles. The maximum Gasteiger partial charge on any atom is 0.271 e. The first-order chi connectivity index (χ1) is 12.0. The molecule has 0 spiro atoms. The molecule has 0 saturated carbocycles. The van der Waals surface area contributed by atoms with Crippen molar-refractivity contribution in [3.8, 4) is 11.3 Å². The van der Waals surface area contributed by atoms with Gasteiger partial charge in [-0.05, 0) is 49.4 Å². The third-order valence-electron chi connectivity index (χ3n) is 3.47. The van der Waals surface area contributed by atoms with E-state index in [9.17, 15) is 4.79 Å². The van der Waals surface area contributed by atoms with E-state index in [1.165, 1.54) is 6.21 Å². The molecule has 25 heavy (non-hydrogen) atoms. The van der Waals surface area contributed by atoms with Crippen molar-refractivity contribution in [2.45, 2.75) is 6.92 Å². The van der Waals surface area contributed by atoms with E-state index in [2.05, 4.69) is 10.5 Å². The van der Waals surface area contributed by atoms with Gasteiger partial charge in [0.15, 0.2) is 0 Å². The summed E-state index contributed by atoms with van der Waals surface area (Å²) in [5.74, 6) is 0.854. The average Bonchev–Trinajstić information content (AvgIpc) is 3.06. The molecule has 0 aliphatic carbocycles. The van der Waals surface area contributed by atoms with Crippen LogP contribution in [0.4, 0.5) is 0 Å². The molecule has 1 heterocycles. The Morgan fingerprint density at radius 3 is 2.68 bits per heavy atom. The second kappa shape index (κ2) is 7.55. The second-order valence-electron chi connectivity index (χ2n) is 5.40. The summed E-state index contributed by atoms with van der Waals surface area (Å²) < 4.78 is 5.67.